The zero-order valence-corrected chi connectivity index (χ0v) is 12.9. The molecule has 0 fully saturated rings. The van der Waals surface area contributed by atoms with E-state index in [1.165, 1.54) is 0 Å². The van der Waals surface area contributed by atoms with Crippen molar-refractivity contribution >= 4 is 28.6 Å². The summed E-state index contributed by atoms with van der Waals surface area (Å²) in [6.07, 6.45) is 3.56. The number of methoxy groups -OCH3 is 1. The largest absolute Gasteiger partial charge is 0.497 e. The van der Waals surface area contributed by atoms with Crippen molar-refractivity contribution in [3.8, 4) is 5.75 Å². The summed E-state index contributed by atoms with van der Waals surface area (Å²) in [6.45, 7) is 0. The molecule has 0 saturated carbocycles. The maximum atomic E-state index is 11.4. The monoisotopic (exact) mass is 384 g/mol. The third-order valence-corrected chi connectivity index (χ3v) is 3.38. The lowest BCUT2D eigenvalue weighted by atomic mass is 9.98. The van der Waals surface area contributed by atoms with Crippen LogP contribution in [0, 0.1) is 3.57 Å². The number of benzene rings is 1. The van der Waals surface area contributed by atoms with Gasteiger partial charge in [0.2, 0.25) is 0 Å². The second kappa shape index (κ2) is 6.65. The molecule has 2 rings (SSSR count). The Morgan fingerprint density at radius 1 is 1.40 bits per heavy atom. The molecule has 5 nitrogen and oxygen atoms in total. The number of carboxylic acid groups (broad SMARTS) is 1. The molecule has 2 aromatic rings. The van der Waals surface area contributed by atoms with Crippen molar-refractivity contribution in [1.29, 1.82) is 0 Å². The standard InChI is InChI=1S/C14H13IN2O3/c1-20-11-4-2-3-9(5-11)6-12(14(18)19)13-16-7-10(15)8-17-13/h2-5,7-8,12H,6H2,1H3,(H,18,19). The van der Waals surface area contributed by atoms with Gasteiger partial charge in [-0.05, 0) is 46.7 Å². The Morgan fingerprint density at radius 2 is 2.10 bits per heavy atom. The molecule has 0 aliphatic carbocycles. The first-order chi connectivity index (χ1) is 9.60. The molecule has 0 spiro atoms. The number of hydrogen-bond donors (Lipinski definition) is 1. The molecular formula is C14H13IN2O3. The Hall–Kier alpha value is -1.70. The van der Waals surface area contributed by atoms with E-state index in [9.17, 15) is 9.90 Å². The Bertz CT molecular complexity index is 602. The van der Waals surface area contributed by atoms with Crippen molar-refractivity contribution in [2.75, 3.05) is 7.11 Å². The molecule has 1 aromatic heterocycles. The zero-order chi connectivity index (χ0) is 14.5. The topological polar surface area (TPSA) is 72.3 Å². The molecule has 6 heteroatoms. The maximum absolute atomic E-state index is 11.4. The number of rotatable bonds is 5. The van der Waals surface area contributed by atoms with Crippen LogP contribution in [0.25, 0.3) is 0 Å². The van der Waals surface area contributed by atoms with Crippen molar-refractivity contribution in [3.63, 3.8) is 0 Å². The van der Waals surface area contributed by atoms with E-state index in [1.807, 2.05) is 24.3 Å². The molecule has 0 bridgehead atoms. The summed E-state index contributed by atoms with van der Waals surface area (Å²) in [5.74, 6) is -0.677. The molecule has 1 heterocycles. The molecule has 104 valence electrons. The van der Waals surface area contributed by atoms with Crippen LogP contribution in [-0.4, -0.2) is 28.2 Å². The fourth-order valence-corrected chi connectivity index (χ4v) is 2.10. The van der Waals surface area contributed by atoms with Gasteiger partial charge in [0.25, 0.3) is 0 Å². The fourth-order valence-electron chi connectivity index (χ4n) is 1.83. The van der Waals surface area contributed by atoms with Crippen LogP contribution in [0.4, 0.5) is 0 Å². The average molecular weight is 384 g/mol. The Morgan fingerprint density at radius 3 is 2.70 bits per heavy atom. The van der Waals surface area contributed by atoms with Crippen LogP contribution in [0.3, 0.4) is 0 Å². The van der Waals surface area contributed by atoms with Gasteiger partial charge >= 0.3 is 5.97 Å². The van der Waals surface area contributed by atoms with Gasteiger partial charge in [0, 0.05) is 16.0 Å². The van der Waals surface area contributed by atoms with Gasteiger partial charge in [0.1, 0.15) is 17.5 Å². The van der Waals surface area contributed by atoms with Gasteiger partial charge in [-0.25, -0.2) is 9.97 Å². The fraction of sp³-hybridized carbons (Fsp3) is 0.214. The number of ether oxygens (including phenoxy) is 1. The molecule has 1 N–H and O–H groups in total. The molecule has 1 atom stereocenters. The number of carbonyl (C=O) groups is 1. The number of carboxylic acids is 1. The third-order valence-electron chi connectivity index (χ3n) is 2.82. The van der Waals surface area contributed by atoms with E-state index in [0.717, 1.165) is 9.13 Å². The van der Waals surface area contributed by atoms with E-state index in [4.69, 9.17) is 4.74 Å². The first-order valence-corrected chi connectivity index (χ1v) is 7.01. The third kappa shape index (κ3) is 3.66. The summed E-state index contributed by atoms with van der Waals surface area (Å²) in [4.78, 5) is 19.6. The normalized spacial score (nSPS) is 11.9. The molecular weight excluding hydrogens is 371 g/mol. The highest BCUT2D eigenvalue weighted by Crippen LogP contribution is 2.21. The number of aromatic nitrogens is 2. The summed E-state index contributed by atoms with van der Waals surface area (Å²) >= 11 is 2.08. The lowest BCUT2D eigenvalue weighted by Crippen LogP contribution is -2.17. The van der Waals surface area contributed by atoms with Gasteiger partial charge in [-0.15, -0.1) is 0 Å². The number of hydrogen-bond acceptors (Lipinski definition) is 4. The van der Waals surface area contributed by atoms with Crippen LogP contribution < -0.4 is 4.74 Å². The quantitative estimate of drug-likeness (QED) is 0.803. The van der Waals surface area contributed by atoms with E-state index < -0.39 is 11.9 Å². The highest BCUT2D eigenvalue weighted by atomic mass is 127. The summed E-state index contributed by atoms with van der Waals surface area (Å²) in [6, 6.07) is 7.34. The van der Waals surface area contributed by atoms with Crippen LogP contribution in [0.1, 0.15) is 17.3 Å². The number of aliphatic carboxylic acids is 1. The minimum Gasteiger partial charge on any atom is -0.497 e. The van der Waals surface area contributed by atoms with Crippen molar-refractivity contribution in [2.45, 2.75) is 12.3 Å². The molecule has 20 heavy (non-hydrogen) atoms. The van der Waals surface area contributed by atoms with Crippen LogP contribution in [0.5, 0.6) is 5.75 Å². The average Bonchev–Trinajstić information content (AvgIpc) is 2.46. The molecule has 0 saturated heterocycles. The Balaban J connectivity index is 2.25. The maximum Gasteiger partial charge on any atom is 0.314 e. The van der Waals surface area contributed by atoms with Gasteiger partial charge in [0.15, 0.2) is 0 Å². The van der Waals surface area contributed by atoms with Crippen molar-refractivity contribution in [1.82, 2.24) is 9.97 Å². The second-order valence-electron chi connectivity index (χ2n) is 4.21. The molecule has 0 radical (unpaired) electrons. The van der Waals surface area contributed by atoms with E-state index in [-0.39, 0.29) is 0 Å². The number of nitrogens with zero attached hydrogens (tertiary/aromatic N) is 2. The van der Waals surface area contributed by atoms with Gasteiger partial charge in [-0.2, -0.15) is 0 Å². The molecule has 1 aromatic carbocycles. The molecule has 1 unspecified atom stereocenters. The van der Waals surface area contributed by atoms with Crippen LogP contribution in [0.2, 0.25) is 0 Å². The molecule has 0 aliphatic rings. The van der Waals surface area contributed by atoms with Crippen LogP contribution in [0.15, 0.2) is 36.7 Å². The second-order valence-corrected chi connectivity index (χ2v) is 5.45. The van der Waals surface area contributed by atoms with Gasteiger partial charge in [-0.3, -0.25) is 4.79 Å². The van der Waals surface area contributed by atoms with E-state index in [1.54, 1.807) is 19.5 Å². The summed E-state index contributed by atoms with van der Waals surface area (Å²) in [7, 11) is 1.58. The van der Waals surface area contributed by atoms with E-state index >= 15 is 0 Å². The van der Waals surface area contributed by atoms with E-state index in [0.29, 0.717) is 18.0 Å². The van der Waals surface area contributed by atoms with Crippen LogP contribution >= 0.6 is 22.6 Å². The van der Waals surface area contributed by atoms with Crippen molar-refractivity contribution < 1.29 is 14.6 Å². The minimum atomic E-state index is -0.936. The predicted molar refractivity (Wildman–Crippen MR) is 81.8 cm³/mol. The molecule has 0 amide bonds. The first kappa shape index (κ1) is 14.7. The summed E-state index contributed by atoms with van der Waals surface area (Å²) < 4.78 is 6.01. The first-order valence-electron chi connectivity index (χ1n) is 5.93. The van der Waals surface area contributed by atoms with Crippen molar-refractivity contribution in [3.05, 3.63) is 51.6 Å². The Kier molecular flexibility index (Phi) is 4.89. The van der Waals surface area contributed by atoms with Crippen LogP contribution in [-0.2, 0) is 11.2 Å². The van der Waals surface area contributed by atoms with E-state index in [2.05, 4.69) is 32.6 Å². The highest BCUT2D eigenvalue weighted by molar-refractivity contribution is 14.1. The SMILES string of the molecule is COc1cccc(CC(C(=O)O)c2ncc(I)cn2)c1. The predicted octanol–water partition coefficient (Wildman–Crippen LogP) is 2.50. The zero-order valence-electron chi connectivity index (χ0n) is 10.8. The molecule has 0 aliphatic heterocycles. The van der Waals surface area contributed by atoms with Gasteiger partial charge in [-0.1, -0.05) is 12.1 Å². The smallest absolute Gasteiger partial charge is 0.314 e. The lowest BCUT2D eigenvalue weighted by Gasteiger charge is -2.11. The van der Waals surface area contributed by atoms with Gasteiger partial charge < -0.3 is 9.84 Å². The summed E-state index contributed by atoms with van der Waals surface area (Å²) in [5, 5.41) is 9.37. The Labute approximate surface area is 130 Å². The lowest BCUT2D eigenvalue weighted by molar-refractivity contribution is -0.139. The highest BCUT2D eigenvalue weighted by Gasteiger charge is 2.23. The van der Waals surface area contributed by atoms with Gasteiger partial charge in [0.05, 0.1) is 7.11 Å². The summed E-state index contributed by atoms with van der Waals surface area (Å²) in [5.41, 5.74) is 0.874. The number of halogens is 1. The minimum absolute atomic E-state index is 0.320. The van der Waals surface area contributed by atoms with Crippen molar-refractivity contribution in [2.24, 2.45) is 0 Å².